The number of hydrogen-bond donors (Lipinski definition) is 0. The topological polar surface area (TPSA) is 52.6 Å². The zero-order valence-corrected chi connectivity index (χ0v) is 7.04. The second kappa shape index (κ2) is 2.93. The van der Waals surface area contributed by atoms with Crippen LogP contribution in [0.1, 0.15) is 0 Å². The summed E-state index contributed by atoms with van der Waals surface area (Å²) in [7, 11) is 1.98. The molecule has 0 aliphatic heterocycles. The molecule has 4 nitrogen and oxygen atoms in total. The highest BCUT2D eigenvalue weighted by Crippen LogP contribution is 2.56. The Morgan fingerprint density at radius 3 is 1.62 bits per heavy atom. The summed E-state index contributed by atoms with van der Waals surface area (Å²) in [5.41, 5.74) is 0. The molecule has 0 amide bonds. The number of methoxy groups -OCH3 is 2. The van der Waals surface area contributed by atoms with Crippen molar-refractivity contribution >= 4 is 11.9 Å². The van der Waals surface area contributed by atoms with Gasteiger partial charge < -0.3 is 9.47 Å². The highest BCUT2D eigenvalue weighted by Gasteiger charge is 2.77. The van der Waals surface area contributed by atoms with Crippen LogP contribution in [0, 0.1) is 11.8 Å². The van der Waals surface area contributed by atoms with Crippen LogP contribution in [0.3, 0.4) is 0 Å². The third-order valence-corrected chi connectivity index (χ3v) is 1.96. The van der Waals surface area contributed by atoms with Gasteiger partial charge in [0.15, 0.2) is 0 Å². The Bertz CT molecular complexity index is 227. The number of esters is 2. The van der Waals surface area contributed by atoms with Gasteiger partial charge in [-0.2, -0.15) is 0 Å². The van der Waals surface area contributed by atoms with Gasteiger partial charge in [-0.25, -0.2) is 8.78 Å². The van der Waals surface area contributed by atoms with E-state index >= 15 is 0 Å². The molecule has 74 valence electrons. The minimum Gasteiger partial charge on any atom is -0.469 e. The molecule has 1 aliphatic carbocycles. The van der Waals surface area contributed by atoms with Gasteiger partial charge in [-0.3, -0.25) is 9.59 Å². The summed E-state index contributed by atoms with van der Waals surface area (Å²) in [4.78, 5) is 21.4. The monoisotopic (exact) mass is 194 g/mol. The molecule has 13 heavy (non-hydrogen) atoms. The molecule has 0 aromatic rings. The Morgan fingerprint density at radius 2 is 1.38 bits per heavy atom. The van der Waals surface area contributed by atoms with E-state index in [9.17, 15) is 18.4 Å². The summed E-state index contributed by atoms with van der Waals surface area (Å²) in [6, 6.07) is 0. The summed E-state index contributed by atoms with van der Waals surface area (Å²) < 4.78 is 33.7. The van der Waals surface area contributed by atoms with Crippen LogP contribution in [-0.4, -0.2) is 32.1 Å². The van der Waals surface area contributed by atoms with Crippen LogP contribution in [0.2, 0.25) is 0 Å². The summed E-state index contributed by atoms with van der Waals surface area (Å²) in [5.74, 6) is -8.84. The first kappa shape index (κ1) is 9.88. The predicted octanol–water partition coefficient (Wildman–Crippen LogP) is 0.214. The molecule has 2 unspecified atom stereocenters. The van der Waals surface area contributed by atoms with Gasteiger partial charge in [0.05, 0.1) is 14.2 Å². The highest BCUT2D eigenvalue weighted by atomic mass is 19.3. The Kier molecular flexibility index (Phi) is 2.23. The molecule has 0 radical (unpaired) electrons. The standard InChI is InChI=1S/C7H8F2O4/c1-12-5(10)3-4(6(11)13-2)7(3,8)9/h3-4H,1-2H3. The molecule has 0 aromatic carbocycles. The maximum Gasteiger partial charge on any atom is 0.315 e. The predicted molar refractivity (Wildman–Crippen MR) is 36.0 cm³/mol. The first-order valence-electron chi connectivity index (χ1n) is 3.50. The van der Waals surface area contributed by atoms with Crippen LogP contribution >= 0.6 is 0 Å². The van der Waals surface area contributed by atoms with Gasteiger partial charge in [-0.1, -0.05) is 0 Å². The van der Waals surface area contributed by atoms with E-state index in [4.69, 9.17) is 0 Å². The number of halogens is 2. The molecule has 0 bridgehead atoms. The van der Waals surface area contributed by atoms with Gasteiger partial charge in [0.25, 0.3) is 5.92 Å². The first-order chi connectivity index (χ1) is 5.96. The van der Waals surface area contributed by atoms with E-state index in [0.29, 0.717) is 0 Å². The molecule has 6 heteroatoms. The molecule has 1 saturated carbocycles. The maximum absolute atomic E-state index is 12.7. The van der Waals surface area contributed by atoms with E-state index in [-0.39, 0.29) is 0 Å². The first-order valence-corrected chi connectivity index (χ1v) is 3.50. The number of alkyl halides is 2. The van der Waals surface area contributed by atoms with Crippen LogP contribution in [0.4, 0.5) is 8.78 Å². The Hall–Kier alpha value is -1.20. The minimum absolute atomic E-state index is 0.991. The van der Waals surface area contributed by atoms with Crippen molar-refractivity contribution in [1.82, 2.24) is 0 Å². The Balaban J connectivity index is 2.71. The van der Waals surface area contributed by atoms with Crippen molar-refractivity contribution in [2.45, 2.75) is 5.92 Å². The van der Waals surface area contributed by atoms with Gasteiger partial charge in [-0.15, -0.1) is 0 Å². The number of rotatable bonds is 2. The minimum atomic E-state index is -3.32. The lowest BCUT2D eigenvalue weighted by Crippen LogP contribution is -2.10. The van der Waals surface area contributed by atoms with E-state index < -0.39 is 29.7 Å². The van der Waals surface area contributed by atoms with Crippen LogP contribution in [0.5, 0.6) is 0 Å². The molecule has 1 rings (SSSR count). The second-order valence-electron chi connectivity index (χ2n) is 2.68. The molecule has 1 aliphatic rings. The Labute approximate surface area is 72.8 Å². The van der Waals surface area contributed by atoms with Crippen LogP contribution < -0.4 is 0 Å². The van der Waals surface area contributed by atoms with Gasteiger partial charge in [0.1, 0.15) is 11.8 Å². The summed E-state index contributed by atoms with van der Waals surface area (Å²) >= 11 is 0. The second-order valence-corrected chi connectivity index (χ2v) is 2.68. The van der Waals surface area contributed by atoms with Crippen molar-refractivity contribution in [3.8, 4) is 0 Å². The lowest BCUT2D eigenvalue weighted by atomic mass is 10.3. The fourth-order valence-electron chi connectivity index (χ4n) is 1.17. The number of carbonyl (C=O) groups is 2. The zero-order chi connectivity index (χ0) is 10.2. The quantitative estimate of drug-likeness (QED) is 0.590. The smallest absolute Gasteiger partial charge is 0.315 e. The van der Waals surface area contributed by atoms with Crippen LogP contribution in [-0.2, 0) is 19.1 Å². The summed E-state index contributed by atoms with van der Waals surface area (Å²) in [6.07, 6.45) is 0. The molecule has 0 aromatic heterocycles. The third-order valence-electron chi connectivity index (χ3n) is 1.96. The lowest BCUT2D eigenvalue weighted by molar-refractivity contribution is -0.148. The van der Waals surface area contributed by atoms with E-state index in [1.54, 1.807) is 0 Å². The molecule has 0 N–H and O–H groups in total. The average Bonchev–Trinajstić information content (AvgIpc) is 2.66. The molecule has 0 spiro atoms. The zero-order valence-electron chi connectivity index (χ0n) is 7.04. The SMILES string of the molecule is COC(=O)C1C(C(=O)OC)C1(F)F. The van der Waals surface area contributed by atoms with Gasteiger partial charge in [0, 0.05) is 0 Å². The van der Waals surface area contributed by atoms with E-state index in [0.717, 1.165) is 14.2 Å². The van der Waals surface area contributed by atoms with Crippen molar-refractivity contribution in [2.24, 2.45) is 11.8 Å². The fourth-order valence-corrected chi connectivity index (χ4v) is 1.17. The van der Waals surface area contributed by atoms with Crippen molar-refractivity contribution in [2.75, 3.05) is 14.2 Å². The van der Waals surface area contributed by atoms with Crippen LogP contribution in [0.25, 0.3) is 0 Å². The number of ether oxygens (including phenoxy) is 2. The van der Waals surface area contributed by atoms with Crippen LogP contribution in [0.15, 0.2) is 0 Å². The average molecular weight is 194 g/mol. The van der Waals surface area contributed by atoms with Crippen molar-refractivity contribution in [1.29, 1.82) is 0 Å². The summed E-state index contributed by atoms with van der Waals surface area (Å²) in [5, 5.41) is 0. The molecular weight excluding hydrogens is 186 g/mol. The molecule has 0 heterocycles. The van der Waals surface area contributed by atoms with Gasteiger partial charge >= 0.3 is 11.9 Å². The highest BCUT2D eigenvalue weighted by molar-refractivity contribution is 5.90. The Morgan fingerprint density at radius 1 is 1.08 bits per heavy atom. The van der Waals surface area contributed by atoms with Crippen molar-refractivity contribution in [3.05, 3.63) is 0 Å². The van der Waals surface area contributed by atoms with E-state index in [1.807, 2.05) is 0 Å². The van der Waals surface area contributed by atoms with E-state index in [2.05, 4.69) is 9.47 Å². The van der Waals surface area contributed by atoms with Crippen molar-refractivity contribution < 1.29 is 27.8 Å². The van der Waals surface area contributed by atoms with Crippen molar-refractivity contribution in [3.63, 3.8) is 0 Å². The largest absolute Gasteiger partial charge is 0.469 e. The summed E-state index contributed by atoms with van der Waals surface area (Å²) in [6.45, 7) is 0. The van der Waals surface area contributed by atoms with Gasteiger partial charge in [-0.05, 0) is 0 Å². The fraction of sp³-hybridized carbons (Fsp3) is 0.714. The lowest BCUT2D eigenvalue weighted by Gasteiger charge is -1.94. The van der Waals surface area contributed by atoms with E-state index in [1.165, 1.54) is 0 Å². The molecular formula is C7H8F2O4. The molecule has 0 saturated heterocycles. The molecule has 2 atom stereocenters. The number of hydrogen-bond acceptors (Lipinski definition) is 4. The maximum atomic E-state index is 12.7. The number of carbonyl (C=O) groups excluding carboxylic acids is 2. The molecule has 1 fully saturated rings. The normalized spacial score (nSPS) is 29.2. The van der Waals surface area contributed by atoms with Gasteiger partial charge in [0.2, 0.25) is 0 Å². The third kappa shape index (κ3) is 1.36.